The van der Waals surface area contributed by atoms with Gasteiger partial charge in [0.05, 0.1) is 12.0 Å². The number of hydrogen-bond acceptors (Lipinski definition) is 3. The number of para-hydroxylation sites is 1. The van der Waals surface area contributed by atoms with Crippen molar-refractivity contribution >= 4 is 17.6 Å². The summed E-state index contributed by atoms with van der Waals surface area (Å²) in [5, 5.41) is 12.2. The molecule has 5 nitrogen and oxygen atoms in total. The van der Waals surface area contributed by atoms with Crippen molar-refractivity contribution in [3.8, 4) is 0 Å². The predicted octanol–water partition coefficient (Wildman–Crippen LogP) is 2.81. The zero-order chi connectivity index (χ0) is 15.3. The van der Waals surface area contributed by atoms with E-state index in [-0.39, 0.29) is 12.3 Å². The maximum atomic E-state index is 12.2. The SMILES string of the molecule is COCc1ccccc1NC(=O)CC1(C(=O)O)CCCC1. The highest BCUT2D eigenvalue weighted by Crippen LogP contribution is 2.41. The Morgan fingerprint density at radius 1 is 1.29 bits per heavy atom. The van der Waals surface area contributed by atoms with Crippen LogP contribution in [0.1, 0.15) is 37.7 Å². The number of nitrogens with one attached hydrogen (secondary N) is 1. The zero-order valence-corrected chi connectivity index (χ0v) is 12.2. The van der Waals surface area contributed by atoms with E-state index in [0.29, 0.717) is 25.1 Å². The first kappa shape index (κ1) is 15.5. The van der Waals surface area contributed by atoms with Gasteiger partial charge in [0.25, 0.3) is 0 Å². The Morgan fingerprint density at radius 2 is 1.95 bits per heavy atom. The number of carboxylic acids is 1. The molecule has 1 saturated carbocycles. The maximum Gasteiger partial charge on any atom is 0.310 e. The van der Waals surface area contributed by atoms with E-state index in [4.69, 9.17) is 4.74 Å². The number of amides is 1. The molecule has 114 valence electrons. The summed E-state index contributed by atoms with van der Waals surface area (Å²) in [6.45, 7) is 0.403. The van der Waals surface area contributed by atoms with Crippen LogP contribution < -0.4 is 5.32 Å². The summed E-state index contributed by atoms with van der Waals surface area (Å²) in [6, 6.07) is 7.38. The van der Waals surface area contributed by atoms with Gasteiger partial charge >= 0.3 is 5.97 Å². The fraction of sp³-hybridized carbons (Fsp3) is 0.500. The summed E-state index contributed by atoms with van der Waals surface area (Å²) in [4.78, 5) is 23.7. The third-order valence-corrected chi connectivity index (χ3v) is 4.10. The molecule has 0 unspecified atom stereocenters. The van der Waals surface area contributed by atoms with Crippen LogP contribution >= 0.6 is 0 Å². The fourth-order valence-electron chi connectivity index (χ4n) is 2.94. The Labute approximate surface area is 124 Å². The lowest BCUT2D eigenvalue weighted by Crippen LogP contribution is -2.32. The molecule has 1 fully saturated rings. The Morgan fingerprint density at radius 3 is 2.57 bits per heavy atom. The molecule has 1 aromatic carbocycles. The van der Waals surface area contributed by atoms with Crippen molar-refractivity contribution in [2.45, 2.75) is 38.7 Å². The number of anilines is 1. The Hall–Kier alpha value is -1.88. The van der Waals surface area contributed by atoms with Gasteiger partial charge in [-0.1, -0.05) is 31.0 Å². The van der Waals surface area contributed by atoms with Gasteiger partial charge in [-0.25, -0.2) is 0 Å². The fourth-order valence-corrected chi connectivity index (χ4v) is 2.94. The second kappa shape index (κ2) is 6.72. The molecule has 0 spiro atoms. The number of carbonyl (C=O) groups excluding carboxylic acids is 1. The summed E-state index contributed by atoms with van der Waals surface area (Å²) >= 11 is 0. The van der Waals surface area contributed by atoms with Gasteiger partial charge in [-0.2, -0.15) is 0 Å². The van der Waals surface area contributed by atoms with E-state index in [1.54, 1.807) is 13.2 Å². The molecule has 0 aromatic heterocycles. The van der Waals surface area contributed by atoms with E-state index in [1.165, 1.54) is 0 Å². The highest BCUT2D eigenvalue weighted by Gasteiger charge is 2.42. The maximum absolute atomic E-state index is 12.2. The number of carboxylic acid groups (broad SMARTS) is 1. The average Bonchev–Trinajstić information content (AvgIpc) is 2.91. The first-order valence-electron chi connectivity index (χ1n) is 7.17. The van der Waals surface area contributed by atoms with Crippen LogP contribution in [0.3, 0.4) is 0 Å². The van der Waals surface area contributed by atoms with Crippen LogP contribution in [0, 0.1) is 5.41 Å². The summed E-state index contributed by atoms with van der Waals surface area (Å²) in [5.41, 5.74) is 0.673. The molecular weight excluding hydrogens is 270 g/mol. The summed E-state index contributed by atoms with van der Waals surface area (Å²) in [7, 11) is 1.59. The monoisotopic (exact) mass is 291 g/mol. The molecule has 1 aliphatic carbocycles. The summed E-state index contributed by atoms with van der Waals surface area (Å²) < 4.78 is 5.10. The first-order valence-corrected chi connectivity index (χ1v) is 7.17. The van der Waals surface area contributed by atoms with Crippen molar-refractivity contribution in [3.63, 3.8) is 0 Å². The molecule has 0 radical (unpaired) electrons. The Bertz CT molecular complexity index is 521. The van der Waals surface area contributed by atoms with Gasteiger partial charge in [-0.05, 0) is 18.9 Å². The van der Waals surface area contributed by atoms with E-state index in [1.807, 2.05) is 18.2 Å². The summed E-state index contributed by atoms with van der Waals surface area (Å²) in [5.74, 6) is -1.11. The second-order valence-corrected chi connectivity index (χ2v) is 5.61. The first-order chi connectivity index (χ1) is 10.1. The van der Waals surface area contributed by atoms with Crippen molar-refractivity contribution in [2.24, 2.45) is 5.41 Å². The number of ether oxygens (including phenoxy) is 1. The topological polar surface area (TPSA) is 75.6 Å². The number of rotatable bonds is 6. The molecule has 2 N–H and O–H groups in total. The van der Waals surface area contributed by atoms with Gasteiger partial charge in [0, 0.05) is 24.8 Å². The molecular formula is C16H21NO4. The van der Waals surface area contributed by atoms with Crippen molar-refractivity contribution < 1.29 is 19.4 Å². The molecule has 1 amide bonds. The second-order valence-electron chi connectivity index (χ2n) is 5.61. The zero-order valence-electron chi connectivity index (χ0n) is 12.2. The Kier molecular flexibility index (Phi) is 4.96. The van der Waals surface area contributed by atoms with Gasteiger partial charge < -0.3 is 15.2 Å². The smallest absolute Gasteiger partial charge is 0.310 e. The van der Waals surface area contributed by atoms with Crippen LogP contribution in [0.4, 0.5) is 5.69 Å². The van der Waals surface area contributed by atoms with E-state index >= 15 is 0 Å². The molecule has 21 heavy (non-hydrogen) atoms. The lowest BCUT2D eigenvalue weighted by atomic mass is 9.82. The molecule has 1 aromatic rings. The van der Waals surface area contributed by atoms with Crippen LogP contribution in [-0.2, 0) is 20.9 Å². The van der Waals surface area contributed by atoms with Crippen LogP contribution in [0.25, 0.3) is 0 Å². The number of aliphatic carboxylic acids is 1. The normalized spacial score (nSPS) is 16.6. The molecule has 0 aliphatic heterocycles. The molecule has 0 bridgehead atoms. The van der Waals surface area contributed by atoms with Crippen LogP contribution in [0.5, 0.6) is 0 Å². The van der Waals surface area contributed by atoms with Crippen LogP contribution in [0.15, 0.2) is 24.3 Å². The third-order valence-electron chi connectivity index (χ3n) is 4.10. The lowest BCUT2D eigenvalue weighted by Gasteiger charge is -2.23. The molecule has 0 saturated heterocycles. The molecule has 2 rings (SSSR count). The van der Waals surface area contributed by atoms with Crippen LogP contribution in [-0.4, -0.2) is 24.1 Å². The number of methoxy groups -OCH3 is 1. The van der Waals surface area contributed by atoms with Crippen molar-refractivity contribution in [1.82, 2.24) is 0 Å². The minimum absolute atomic E-state index is 0.0314. The molecule has 0 heterocycles. The van der Waals surface area contributed by atoms with Crippen molar-refractivity contribution in [2.75, 3.05) is 12.4 Å². The number of hydrogen-bond donors (Lipinski definition) is 2. The molecule has 0 atom stereocenters. The van der Waals surface area contributed by atoms with Gasteiger partial charge in [0.1, 0.15) is 0 Å². The number of benzene rings is 1. The van der Waals surface area contributed by atoms with Gasteiger partial charge in [-0.15, -0.1) is 0 Å². The van der Waals surface area contributed by atoms with Crippen molar-refractivity contribution in [1.29, 1.82) is 0 Å². The highest BCUT2D eigenvalue weighted by molar-refractivity contribution is 5.94. The minimum atomic E-state index is -0.889. The van der Waals surface area contributed by atoms with E-state index in [9.17, 15) is 14.7 Å². The predicted molar refractivity (Wildman–Crippen MR) is 78.9 cm³/mol. The largest absolute Gasteiger partial charge is 0.481 e. The minimum Gasteiger partial charge on any atom is -0.481 e. The van der Waals surface area contributed by atoms with Crippen LogP contribution in [0.2, 0.25) is 0 Å². The summed E-state index contributed by atoms with van der Waals surface area (Å²) in [6.07, 6.45) is 2.94. The van der Waals surface area contributed by atoms with Crippen molar-refractivity contribution in [3.05, 3.63) is 29.8 Å². The number of carbonyl (C=O) groups is 2. The third kappa shape index (κ3) is 3.61. The van der Waals surface area contributed by atoms with E-state index in [0.717, 1.165) is 18.4 Å². The van der Waals surface area contributed by atoms with E-state index in [2.05, 4.69) is 5.32 Å². The van der Waals surface area contributed by atoms with Gasteiger partial charge in [-0.3, -0.25) is 9.59 Å². The lowest BCUT2D eigenvalue weighted by molar-refractivity contribution is -0.150. The quantitative estimate of drug-likeness (QED) is 0.845. The standard InChI is InChI=1S/C16H21NO4/c1-21-11-12-6-2-3-7-13(12)17-14(18)10-16(15(19)20)8-4-5-9-16/h2-3,6-7H,4-5,8-11H2,1H3,(H,17,18)(H,19,20). The highest BCUT2D eigenvalue weighted by atomic mass is 16.5. The van der Waals surface area contributed by atoms with E-state index < -0.39 is 11.4 Å². The van der Waals surface area contributed by atoms with Gasteiger partial charge in [0.2, 0.25) is 5.91 Å². The van der Waals surface area contributed by atoms with Gasteiger partial charge in [0.15, 0.2) is 0 Å². The molecule has 5 heteroatoms. The Balaban J connectivity index is 2.06. The molecule has 1 aliphatic rings. The average molecular weight is 291 g/mol.